The van der Waals surface area contributed by atoms with Crippen LogP contribution in [0, 0.1) is 0 Å². The second-order valence-corrected chi connectivity index (χ2v) is 7.00. The first-order valence-corrected chi connectivity index (χ1v) is 10.1. The third-order valence-corrected chi connectivity index (χ3v) is 4.13. The Morgan fingerprint density at radius 3 is 1.29 bits per heavy atom. The molecule has 0 bridgehead atoms. The van der Waals surface area contributed by atoms with Crippen LogP contribution in [0.4, 0.5) is 0 Å². The number of carboxylic acid groups (broad SMARTS) is 1. The molecule has 0 amide bonds. The maximum Gasteiger partial charge on any atom is 0.317 e. The summed E-state index contributed by atoms with van der Waals surface area (Å²) in [6, 6.07) is 0. The number of unbranched alkanes of at least 4 members (excludes halogenated alkanes) is 13. The van der Waals surface area contributed by atoms with Gasteiger partial charge in [0.15, 0.2) is 0 Å². The summed E-state index contributed by atoms with van der Waals surface area (Å²) >= 11 is 0. The van der Waals surface area contributed by atoms with Crippen LogP contribution in [0.15, 0.2) is 0 Å². The van der Waals surface area contributed by atoms with E-state index in [1.165, 1.54) is 96.4 Å². The standard InChI is InChI=1S/C18H39N.C2H5NO2/c1-4-5-6-7-8-9-10-11-12-13-14-15-16-17-18-19(2)3;3-1-2(4)5/h4-18H2,1-3H3;1,3H2,(H,4,5). The molecule has 0 aliphatic heterocycles. The van der Waals surface area contributed by atoms with Gasteiger partial charge in [0.25, 0.3) is 0 Å². The van der Waals surface area contributed by atoms with Crippen LogP contribution >= 0.6 is 0 Å². The average molecular weight is 345 g/mol. The molecule has 0 spiro atoms. The lowest BCUT2D eigenvalue weighted by Gasteiger charge is -2.08. The van der Waals surface area contributed by atoms with Crippen LogP contribution in [0.5, 0.6) is 0 Å². The minimum absolute atomic E-state index is 0.278. The van der Waals surface area contributed by atoms with Gasteiger partial charge in [-0.15, -0.1) is 0 Å². The summed E-state index contributed by atoms with van der Waals surface area (Å²) in [5.74, 6) is -0.968. The van der Waals surface area contributed by atoms with Crippen LogP contribution in [-0.2, 0) is 4.79 Å². The maximum absolute atomic E-state index is 9.24. The van der Waals surface area contributed by atoms with Gasteiger partial charge in [-0.3, -0.25) is 4.79 Å². The molecule has 0 aromatic heterocycles. The molecule has 0 unspecified atom stereocenters. The molecule has 0 aromatic carbocycles. The Bertz CT molecular complexity index is 246. The van der Waals surface area contributed by atoms with E-state index in [0.717, 1.165) is 0 Å². The summed E-state index contributed by atoms with van der Waals surface area (Å²) in [4.78, 5) is 11.5. The highest BCUT2D eigenvalue weighted by molar-refractivity contribution is 5.68. The van der Waals surface area contributed by atoms with Crippen molar-refractivity contribution >= 4 is 5.97 Å². The Hall–Kier alpha value is -0.610. The molecule has 0 radical (unpaired) electrons. The molecular formula is C20H44N2O2. The fourth-order valence-electron chi connectivity index (χ4n) is 2.62. The zero-order valence-corrected chi connectivity index (χ0v) is 16.7. The van der Waals surface area contributed by atoms with Crippen LogP contribution in [-0.4, -0.2) is 43.2 Å². The van der Waals surface area contributed by atoms with Crippen molar-refractivity contribution in [1.29, 1.82) is 0 Å². The number of carboxylic acids is 1. The second-order valence-electron chi connectivity index (χ2n) is 7.00. The Labute approximate surface area is 151 Å². The zero-order chi connectivity index (χ0) is 18.5. The summed E-state index contributed by atoms with van der Waals surface area (Å²) < 4.78 is 0. The lowest BCUT2D eigenvalue weighted by atomic mass is 10.0. The van der Waals surface area contributed by atoms with Crippen LogP contribution in [0.1, 0.15) is 96.8 Å². The summed E-state index contributed by atoms with van der Waals surface area (Å²) in [7, 11) is 4.34. The molecule has 3 N–H and O–H groups in total. The molecule has 4 heteroatoms. The minimum atomic E-state index is -0.968. The van der Waals surface area contributed by atoms with Gasteiger partial charge < -0.3 is 15.7 Å². The van der Waals surface area contributed by atoms with Gasteiger partial charge >= 0.3 is 5.97 Å². The molecule has 4 nitrogen and oxygen atoms in total. The second kappa shape index (κ2) is 22.4. The van der Waals surface area contributed by atoms with E-state index >= 15 is 0 Å². The van der Waals surface area contributed by atoms with Crippen molar-refractivity contribution in [3.8, 4) is 0 Å². The number of hydrogen-bond acceptors (Lipinski definition) is 3. The molecule has 24 heavy (non-hydrogen) atoms. The summed E-state index contributed by atoms with van der Waals surface area (Å²) in [5.41, 5.74) is 4.57. The highest BCUT2D eigenvalue weighted by Crippen LogP contribution is 2.12. The molecular weight excluding hydrogens is 300 g/mol. The highest BCUT2D eigenvalue weighted by Gasteiger charge is 1.94. The number of rotatable bonds is 16. The molecule has 0 fully saturated rings. The summed E-state index contributed by atoms with van der Waals surface area (Å²) in [6.07, 6.45) is 20.3. The fraction of sp³-hybridized carbons (Fsp3) is 0.950. The molecule has 0 aliphatic carbocycles. The zero-order valence-electron chi connectivity index (χ0n) is 16.7. The Morgan fingerprint density at radius 2 is 1.04 bits per heavy atom. The van der Waals surface area contributed by atoms with Gasteiger partial charge in [-0.2, -0.15) is 0 Å². The van der Waals surface area contributed by atoms with Crippen molar-refractivity contribution in [1.82, 2.24) is 4.90 Å². The van der Waals surface area contributed by atoms with Gasteiger partial charge in [-0.1, -0.05) is 90.4 Å². The number of aliphatic carboxylic acids is 1. The first-order valence-electron chi connectivity index (χ1n) is 10.1. The van der Waals surface area contributed by atoms with Gasteiger partial charge in [-0.05, 0) is 27.1 Å². The van der Waals surface area contributed by atoms with Gasteiger partial charge in [0.05, 0.1) is 6.54 Å². The fourth-order valence-corrected chi connectivity index (χ4v) is 2.62. The predicted octanol–water partition coefficient (Wildman–Crippen LogP) is 5.06. The van der Waals surface area contributed by atoms with Crippen LogP contribution < -0.4 is 5.73 Å². The average Bonchev–Trinajstić information content (AvgIpc) is 2.55. The first kappa shape index (κ1) is 25.6. The Morgan fingerprint density at radius 1 is 0.750 bits per heavy atom. The normalized spacial score (nSPS) is 10.5. The van der Waals surface area contributed by atoms with Crippen molar-refractivity contribution in [2.24, 2.45) is 5.73 Å². The molecule has 0 aromatic rings. The molecule has 0 saturated heterocycles. The highest BCUT2D eigenvalue weighted by atomic mass is 16.4. The largest absolute Gasteiger partial charge is 0.480 e. The Balaban J connectivity index is 0. The lowest BCUT2D eigenvalue weighted by molar-refractivity contribution is -0.135. The van der Waals surface area contributed by atoms with Crippen molar-refractivity contribution < 1.29 is 9.90 Å². The third kappa shape index (κ3) is 29.4. The first-order chi connectivity index (χ1) is 11.5. The van der Waals surface area contributed by atoms with Gasteiger partial charge in [0.1, 0.15) is 0 Å². The quantitative estimate of drug-likeness (QED) is 0.384. The minimum Gasteiger partial charge on any atom is -0.480 e. The smallest absolute Gasteiger partial charge is 0.317 e. The van der Waals surface area contributed by atoms with Crippen LogP contribution in [0.2, 0.25) is 0 Å². The summed E-state index contributed by atoms with van der Waals surface area (Å²) in [5, 5.41) is 7.60. The van der Waals surface area contributed by atoms with Crippen LogP contribution in [0.3, 0.4) is 0 Å². The van der Waals surface area contributed by atoms with E-state index in [0.29, 0.717) is 0 Å². The van der Waals surface area contributed by atoms with Gasteiger partial charge in [0, 0.05) is 0 Å². The lowest BCUT2D eigenvalue weighted by Crippen LogP contribution is -2.12. The summed E-state index contributed by atoms with van der Waals surface area (Å²) in [6.45, 7) is 3.28. The molecule has 0 rings (SSSR count). The van der Waals surface area contributed by atoms with E-state index in [1.54, 1.807) is 0 Å². The third-order valence-electron chi connectivity index (χ3n) is 4.13. The molecule has 146 valence electrons. The van der Waals surface area contributed by atoms with Crippen molar-refractivity contribution in [2.75, 3.05) is 27.2 Å². The predicted molar refractivity (Wildman–Crippen MR) is 106 cm³/mol. The number of hydrogen-bond donors (Lipinski definition) is 2. The Kier molecular flexibility index (Phi) is 23.9. The number of nitrogens with two attached hydrogens (primary N) is 1. The van der Waals surface area contributed by atoms with Gasteiger partial charge in [0.2, 0.25) is 0 Å². The number of nitrogens with zero attached hydrogens (tertiary/aromatic N) is 1. The number of carbonyl (C=O) groups is 1. The monoisotopic (exact) mass is 344 g/mol. The SMILES string of the molecule is CCCCCCCCCCCCCCCCN(C)C.NCC(=O)O. The molecule has 0 saturated carbocycles. The maximum atomic E-state index is 9.24. The van der Waals surface area contributed by atoms with Crippen LogP contribution in [0.25, 0.3) is 0 Å². The molecule has 0 aliphatic rings. The molecule has 0 atom stereocenters. The van der Waals surface area contributed by atoms with E-state index in [1.807, 2.05) is 0 Å². The van der Waals surface area contributed by atoms with Crippen molar-refractivity contribution in [3.63, 3.8) is 0 Å². The van der Waals surface area contributed by atoms with Crippen molar-refractivity contribution in [3.05, 3.63) is 0 Å². The van der Waals surface area contributed by atoms with E-state index in [4.69, 9.17) is 5.11 Å². The molecule has 0 heterocycles. The van der Waals surface area contributed by atoms with Crippen molar-refractivity contribution in [2.45, 2.75) is 96.8 Å². The van der Waals surface area contributed by atoms with E-state index in [2.05, 4.69) is 31.7 Å². The van der Waals surface area contributed by atoms with E-state index < -0.39 is 5.97 Å². The van der Waals surface area contributed by atoms with Gasteiger partial charge in [-0.25, -0.2) is 0 Å². The van der Waals surface area contributed by atoms with E-state index in [-0.39, 0.29) is 6.54 Å². The topological polar surface area (TPSA) is 66.6 Å². The van der Waals surface area contributed by atoms with E-state index in [9.17, 15) is 4.79 Å².